The van der Waals surface area contributed by atoms with E-state index in [-0.39, 0.29) is 0 Å². The van der Waals surface area contributed by atoms with E-state index in [1.54, 1.807) is 0 Å². The van der Waals surface area contributed by atoms with Crippen molar-refractivity contribution in [2.75, 3.05) is 37.8 Å². The Morgan fingerprint density at radius 1 is 1.41 bits per heavy atom. The molecule has 0 aliphatic heterocycles. The van der Waals surface area contributed by atoms with Gasteiger partial charge >= 0.3 is 0 Å². The van der Waals surface area contributed by atoms with E-state index in [4.69, 9.17) is 17.3 Å². The summed E-state index contributed by atoms with van der Waals surface area (Å²) in [7, 11) is 4.08. The summed E-state index contributed by atoms with van der Waals surface area (Å²) in [6.45, 7) is 5.96. The number of rotatable bonds is 5. The van der Waals surface area contributed by atoms with Crippen molar-refractivity contribution in [1.82, 2.24) is 14.9 Å². The van der Waals surface area contributed by atoms with E-state index in [0.29, 0.717) is 22.7 Å². The van der Waals surface area contributed by atoms with Gasteiger partial charge in [-0.3, -0.25) is 0 Å². The van der Waals surface area contributed by atoms with Crippen molar-refractivity contribution in [3.63, 3.8) is 0 Å². The summed E-state index contributed by atoms with van der Waals surface area (Å²) in [5.41, 5.74) is 5.69. The van der Waals surface area contributed by atoms with E-state index < -0.39 is 0 Å². The number of likely N-dealkylation sites (N-methyl/N-ethyl adjacent to an activating group) is 2. The van der Waals surface area contributed by atoms with E-state index in [2.05, 4.69) is 33.6 Å². The van der Waals surface area contributed by atoms with Crippen LogP contribution in [0.1, 0.15) is 13.8 Å². The summed E-state index contributed by atoms with van der Waals surface area (Å²) in [6.07, 6.45) is 1.45. The zero-order chi connectivity index (χ0) is 13.0. The Bertz CT molecular complexity index is 369. The monoisotopic (exact) mass is 257 g/mol. The molecule has 1 aromatic heterocycles. The average molecular weight is 258 g/mol. The van der Waals surface area contributed by atoms with E-state index in [1.165, 1.54) is 6.33 Å². The molecule has 0 fully saturated rings. The molecule has 0 saturated heterocycles. The van der Waals surface area contributed by atoms with Crippen LogP contribution < -0.4 is 10.6 Å². The van der Waals surface area contributed by atoms with Crippen LogP contribution in [-0.2, 0) is 0 Å². The topological polar surface area (TPSA) is 58.3 Å². The molecule has 0 aliphatic carbocycles. The normalized spacial score (nSPS) is 12.8. The fourth-order valence-electron chi connectivity index (χ4n) is 1.87. The third-order valence-electron chi connectivity index (χ3n) is 2.57. The van der Waals surface area contributed by atoms with Crippen molar-refractivity contribution >= 4 is 23.2 Å². The van der Waals surface area contributed by atoms with E-state index in [0.717, 1.165) is 13.1 Å². The van der Waals surface area contributed by atoms with Crippen LogP contribution >= 0.6 is 11.6 Å². The van der Waals surface area contributed by atoms with Crippen LogP contribution in [0.2, 0.25) is 5.02 Å². The lowest BCUT2D eigenvalue weighted by atomic mass is 10.2. The highest BCUT2D eigenvalue weighted by Crippen LogP contribution is 2.28. The molecule has 6 heteroatoms. The Hall–Kier alpha value is -1.07. The number of nitrogens with zero attached hydrogens (tertiary/aromatic N) is 4. The first kappa shape index (κ1) is 14.0. The van der Waals surface area contributed by atoms with Gasteiger partial charge in [0.25, 0.3) is 0 Å². The standard InChI is InChI=1S/C11H20ClN5/c1-5-17(8(2)6-16(3)4)11-9(12)10(13)14-7-15-11/h7-8H,5-6H2,1-4H3,(H2,13,14,15). The lowest BCUT2D eigenvalue weighted by molar-refractivity contribution is 0.372. The molecular weight excluding hydrogens is 238 g/mol. The Kier molecular flexibility index (Phi) is 4.96. The zero-order valence-electron chi connectivity index (χ0n) is 10.8. The average Bonchev–Trinajstić information content (AvgIpc) is 2.24. The predicted molar refractivity (Wildman–Crippen MR) is 72.5 cm³/mol. The van der Waals surface area contributed by atoms with Gasteiger partial charge in [-0.25, -0.2) is 9.97 Å². The Morgan fingerprint density at radius 2 is 2.06 bits per heavy atom. The molecule has 17 heavy (non-hydrogen) atoms. The van der Waals surface area contributed by atoms with Crippen LogP contribution in [0.4, 0.5) is 11.6 Å². The minimum absolute atomic E-state index is 0.307. The summed E-state index contributed by atoms with van der Waals surface area (Å²) in [5, 5.41) is 0.431. The van der Waals surface area contributed by atoms with Crippen LogP contribution in [0.25, 0.3) is 0 Å². The van der Waals surface area contributed by atoms with Crippen molar-refractivity contribution in [1.29, 1.82) is 0 Å². The van der Waals surface area contributed by atoms with Gasteiger partial charge in [0.05, 0.1) is 0 Å². The first-order valence-electron chi connectivity index (χ1n) is 5.64. The largest absolute Gasteiger partial charge is 0.382 e. The second-order valence-corrected chi connectivity index (χ2v) is 4.67. The molecule has 1 atom stereocenters. The number of nitrogens with two attached hydrogens (primary N) is 1. The minimum Gasteiger partial charge on any atom is -0.382 e. The Morgan fingerprint density at radius 3 is 2.59 bits per heavy atom. The van der Waals surface area contributed by atoms with Crippen molar-refractivity contribution < 1.29 is 0 Å². The number of anilines is 2. The summed E-state index contributed by atoms with van der Waals surface area (Å²) in [5.74, 6) is 1.03. The minimum atomic E-state index is 0.307. The quantitative estimate of drug-likeness (QED) is 0.866. The molecule has 0 spiro atoms. The van der Waals surface area contributed by atoms with Gasteiger partial charge in [-0.1, -0.05) is 11.6 Å². The molecule has 1 unspecified atom stereocenters. The summed E-state index contributed by atoms with van der Waals surface area (Å²) in [6, 6.07) is 0.307. The number of nitrogen functional groups attached to an aromatic ring is 1. The maximum Gasteiger partial charge on any atom is 0.153 e. The summed E-state index contributed by atoms with van der Waals surface area (Å²) >= 11 is 6.14. The van der Waals surface area contributed by atoms with Gasteiger partial charge in [-0.05, 0) is 27.9 Å². The van der Waals surface area contributed by atoms with E-state index in [1.807, 2.05) is 14.1 Å². The number of hydrogen-bond donors (Lipinski definition) is 1. The van der Waals surface area contributed by atoms with Crippen LogP contribution in [0.5, 0.6) is 0 Å². The molecular formula is C11H20ClN5. The Balaban J connectivity index is 2.97. The van der Waals surface area contributed by atoms with Crippen molar-refractivity contribution in [2.24, 2.45) is 0 Å². The highest BCUT2D eigenvalue weighted by atomic mass is 35.5. The molecule has 1 rings (SSSR count). The highest BCUT2D eigenvalue weighted by Gasteiger charge is 2.19. The lowest BCUT2D eigenvalue weighted by Crippen LogP contribution is -2.40. The van der Waals surface area contributed by atoms with E-state index in [9.17, 15) is 0 Å². The first-order valence-corrected chi connectivity index (χ1v) is 6.02. The molecule has 0 aliphatic rings. The SMILES string of the molecule is CCN(c1ncnc(N)c1Cl)C(C)CN(C)C. The van der Waals surface area contributed by atoms with Gasteiger partial charge in [-0.15, -0.1) is 0 Å². The van der Waals surface area contributed by atoms with Gasteiger partial charge in [0.2, 0.25) is 0 Å². The van der Waals surface area contributed by atoms with Crippen molar-refractivity contribution in [2.45, 2.75) is 19.9 Å². The fourth-order valence-corrected chi connectivity index (χ4v) is 2.08. The number of halogens is 1. The van der Waals surface area contributed by atoms with Crippen LogP contribution in [0, 0.1) is 0 Å². The van der Waals surface area contributed by atoms with E-state index >= 15 is 0 Å². The predicted octanol–water partition coefficient (Wildman–Crippen LogP) is 1.49. The molecule has 5 nitrogen and oxygen atoms in total. The summed E-state index contributed by atoms with van der Waals surface area (Å²) in [4.78, 5) is 12.4. The molecule has 0 bridgehead atoms. The number of aromatic nitrogens is 2. The summed E-state index contributed by atoms with van der Waals surface area (Å²) < 4.78 is 0. The van der Waals surface area contributed by atoms with Crippen molar-refractivity contribution in [3.8, 4) is 0 Å². The maximum absolute atomic E-state index is 6.14. The van der Waals surface area contributed by atoms with Crippen molar-refractivity contribution in [3.05, 3.63) is 11.3 Å². The van der Waals surface area contributed by atoms with Gasteiger partial charge in [0, 0.05) is 19.1 Å². The first-order chi connectivity index (χ1) is 7.97. The third-order valence-corrected chi connectivity index (χ3v) is 2.93. The van der Waals surface area contributed by atoms with Gasteiger partial charge in [0.15, 0.2) is 5.82 Å². The second-order valence-electron chi connectivity index (χ2n) is 4.29. The van der Waals surface area contributed by atoms with Gasteiger partial charge in [0.1, 0.15) is 17.2 Å². The van der Waals surface area contributed by atoms with Gasteiger partial charge < -0.3 is 15.5 Å². The number of hydrogen-bond acceptors (Lipinski definition) is 5. The second kappa shape index (κ2) is 6.02. The smallest absolute Gasteiger partial charge is 0.153 e. The lowest BCUT2D eigenvalue weighted by Gasteiger charge is -2.31. The van der Waals surface area contributed by atoms with Crippen LogP contribution in [0.15, 0.2) is 6.33 Å². The Labute approximate surface area is 108 Å². The molecule has 0 radical (unpaired) electrons. The maximum atomic E-state index is 6.14. The fraction of sp³-hybridized carbons (Fsp3) is 0.636. The molecule has 96 valence electrons. The molecule has 1 aromatic rings. The molecule has 1 heterocycles. The molecule has 0 amide bonds. The molecule has 0 aromatic carbocycles. The van der Waals surface area contributed by atoms with Gasteiger partial charge in [-0.2, -0.15) is 0 Å². The van der Waals surface area contributed by atoms with Crippen LogP contribution in [-0.4, -0.2) is 48.1 Å². The molecule has 2 N–H and O–H groups in total. The molecule has 0 saturated carbocycles. The zero-order valence-corrected chi connectivity index (χ0v) is 11.6. The third kappa shape index (κ3) is 3.44. The van der Waals surface area contributed by atoms with Crippen LogP contribution in [0.3, 0.4) is 0 Å². The highest BCUT2D eigenvalue weighted by molar-refractivity contribution is 6.35.